The predicted octanol–water partition coefficient (Wildman–Crippen LogP) is 0.968. The van der Waals surface area contributed by atoms with Gasteiger partial charge in [-0.1, -0.05) is 24.3 Å². The van der Waals surface area contributed by atoms with Crippen LogP contribution >= 0.6 is 0 Å². The average Bonchev–Trinajstić information content (AvgIpc) is 3.18. The van der Waals surface area contributed by atoms with E-state index in [4.69, 9.17) is 0 Å². The zero-order chi connectivity index (χ0) is 21.9. The summed E-state index contributed by atoms with van der Waals surface area (Å²) >= 11 is 0. The topological polar surface area (TPSA) is 115 Å². The summed E-state index contributed by atoms with van der Waals surface area (Å²) in [6.45, 7) is 0. The Labute approximate surface area is 176 Å². The molecule has 5 rings (SSSR count). The zero-order valence-electron chi connectivity index (χ0n) is 15.9. The second-order valence-electron chi connectivity index (χ2n) is 7.10. The van der Waals surface area contributed by atoms with Crippen LogP contribution in [0.5, 0.6) is 0 Å². The molecule has 150 valence electrons. The minimum Gasteiger partial charge on any atom is -0.423 e. The molecule has 0 spiro atoms. The van der Waals surface area contributed by atoms with Crippen LogP contribution in [0.15, 0.2) is 66.7 Å². The van der Waals surface area contributed by atoms with E-state index in [1.807, 2.05) is 0 Å². The fourth-order valence-corrected chi connectivity index (χ4v) is 3.92. The number of nitrogens with zero attached hydrogens (tertiary/aromatic N) is 2. The van der Waals surface area contributed by atoms with Crippen molar-refractivity contribution < 1.29 is 29.2 Å². The lowest BCUT2D eigenvalue weighted by Crippen LogP contribution is -2.41. The summed E-state index contributed by atoms with van der Waals surface area (Å²) in [4.78, 5) is 52.9. The van der Waals surface area contributed by atoms with Gasteiger partial charge < -0.3 is 10.0 Å². The molecule has 3 aromatic carbocycles. The van der Waals surface area contributed by atoms with Gasteiger partial charge in [0, 0.05) is 5.46 Å². The molecule has 0 bridgehead atoms. The number of hydrogen-bond acceptors (Lipinski definition) is 6. The Hall–Kier alpha value is -4.08. The fourth-order valence-electron chi connectivity index (χ4n) is 3.92. The van der Waals surface area contributed by atoms with E-state index in [2.05, 4.69) is 0 Å². The van der Waals surface area contributed by atoms with Gasteiger partial charge in [-0.15, -0.1) is 0 Å². The SMILES string of the molecule is O=C1c2ccccc2C(=O)N1c1ccc(N2C(=O)c3ccccc3C2=O)c(B(O)O)c1. The van der Waals surface area contributed by atoms with Crippen LogP contribution < -0.4 is 15.3 Å². The maximum atomic E-state index is 12.8. The van der Waals surface area contributed by atoms with E-state index in [0.717, 1.165) is 9.80 Å². The van der Waals surface area contributed by atoms with Gasteiger partial charge in [0.05, 0.1) is 33.6 Å². The highest BCUT2D eigenvalue weighted by molar-refractivity contribution is 6.61. The number of carbonyl (C=O) groups excluding carboxylic acids is 4. The van der Waals surface area contributed by atoms with Crippen molar-refractivity contribution in [2.45, 2.75) is 0 Å². The van der Waals surface area contributed by atoms with Gasteiger partial charge in [-0.05, 0) is 42.5 Å². The molecule has 0 aromatic heterocycles. The van der Waals surface area contributed by atoms with Crippen molar-refractivity contribution in [2.24, 2.45) is 0 Å². The van der Waals surface area contributed by atoms with Crippen LogP contribution in [0.4, 0.5) is 11.4 Å². The molecule has 0 atom stereocenters. The van der Waals surface area contributed by atoms with Crippen molar-refractivity contribution in [2.75, 3.05) is 9.80 Å². The van der Waals surface area contributed by atoms with Crippen LogP contribution in [0.2, 0.25) is 0 Å². The third kappa shape index (κ3) is 2.64. The molecule has 0 fully saturated rings. The second-order valence-corrected chi connectivity index (χ2v) is 7.10. The van der Waals surface area contributed by atoms with Crippen molar-refractivity contribution in [3.05, 3.63) is 89.0 Å². The molecule has 8 nitrogen and oxygen atoms in total. The van der Waals surface area contributed by atoms with E-state index < -0.39 is 30.7 Å². The first-order valence-corrected chi connectivity index (χ1v) is 9.36. The minimum absolute atomic E-state index is 0.0402. The maximum Gasteiger partial charge on any atom is 0.490 e. The minimum atomic E-state index is -2.06. The predicted molar refractivity (Wildman–Crippen MR) is 111 cm³/mol. The molecule has 2 aliphatic rings. The highest BCUT2D eigenvalue weighted by Crippen LogP contribution is 2.32. The van der Waals surface area contributed by atoms with Gasteiger partial charge in [0.25, 0.3) is 23.6 Å². The molecular formula is C22H13BN2O6. The average molecular weight is 412 g/mol. The molecule has 0 unspecified atom stereocenters. The Bertz CT molecular complexity index is 1250. The fraction of sp³-hybridized carbons (Fsp3) is 0. The number of carbonyl (C=O) groups is 4. The molecule has 0 saturated heterocycles. The number of fused-ring (bicyclic) bond motifs is 2. The summed E-state index contributed by atoms with van der Waals surface area (Å²) in [5.41, 5.74) is 0.747. The largest absolute Gasteiger partial charge is 0.490 e. The van der Waals surface area contributed by atoms with Gasteiger partial charge in [0.2, 0.25) is 0 Å². The first kappa shape index (κ1) is 18.9. The van der Waals surface area contributed by atoms with E-state index in [1.165, 1.54) is 42.5 Å². The van der Waals surface area contributed by atoms with Crippen molar-refractivity contribution in [3.63, 3.8) is 0 Å². The molecule has 0 radical (unpaired) electrons. The Morgan fingerprint density at radius 2 is 1.00 bits per heavy atom. The highest BCUT2D eigenvalue weighted by atomic mass is 16.4. The standard InChI is InChI=1S/C22H13BN2O6/c26-19-13-5-1-2-6-14(13)20(27)24(19)12-9-10-18(17(11-12)23(30)31)25-21(28)15-7-3-4-8-16(15)22(25)29/h1-11,30-31H. The Morgan fingerprint density at radius 3 is 1.42 bits per heavy atom. The number of amides is 4. The summed E-state index contributed by atoms with van der Waals surface area (Å²) in [7, 11) is -2.06. The molecular weight excluding hydrogens is 399 g/mol. The zero-order valence-corrected chi connectivity index (χ0v) is 15.9. The number of anilines is 2. The second kappa shape index (κ2) is 6.73. The number of hydrogen-bond donors (Lipinski definition) is 2. The van der Waals surface area contributed by atoms with Crippen molar-refractivity contribution in [3.8, 4) is 0 Å². The molecule has 0 saturated carbocycles. The van der Waals surface area contributed by atoms with Gasteiger partial charge in [-0.2, -0.15) is 0 Å². The van der Waals surface area contributed by atoms with Crippen LogP contribution in [0, 0.1) is 0 Å². The van der Waals surface area contributed by atoms with Crippen LogP contribution in [-0.2, 0) is 0 Å². The summed E-state index contributed by atoms with van der Waals surface area (Å²) < 4.78 is 0. The van der Waals surface area contributed by atoms with Crippen LogP contribution in [0.25, 0.3) is 0 Å². The molecule has 2 N–H and O–H groups in total. The van der Waals surface area contributed by atoms with Gasteiger partial charge in [0.1, 0.15) is 0 Å². The van der Waals surface area contributed by atoms with Crippen molar-refractivity contribution in [1.29, 1.82) is 0 Å². The van der Waals surface area contributed by atoms with Crippen molar-refractivity contribution in [1.82, 2.24) is 0 Å². The van der Waals surface area contributed by atoms with Crippen molar-refractivity contribution >= 4 is 47.6 Å². The third-order valence-electron chi connectivity index (χ3n) is 5.38. The highest BCUT2D eigenvalue weighted by Gasteiger charge is 2.40. The summed E-state index contributed by atoms with van der Waals surface area (Å²) in [6, 6.07) is 16.5. The molecule has 4 amide bonds. The molecule has 2 aliphatic heterocycles. The maximum absolute atomic E-state index is 12.8. The smallest absolute Gasteiger partial charge is 0.423 e. The lowest BCUT2D eigenvalue weighted by Gasteiger charge is -2.21. The van der Waals surface area contributed by atoms with Crippen LogP contribution in [0.3, 0.4) is 0 Å². The van der Waals surface area contributed by atoms with Gasteiger partial charge in [-0.3, -0.25) is 19.2 Å². The molecule has 31 heavy (non-hydrogen) atoms. The molecule has 0 aliphatic carbocycles. The van der Waals surface area contributed by atoms with Gasteiger partial charge in [-0.25, -0.2) is 9.80 Å². The van der Waals surface area contributed by atoms with E-state index in [1.54, 1.807) is 24.3 Å². The van der Waals surface area contributed by atoms with E-state index in [0.29, 0.717) is 0 Å². The number of rotatable bonds is 3. The summed E-state index contributed by atoms with van der Waals surface area (Å²) in [5.74, 6) is -2.30. The third-order valence-corrected chi connectivity index (χ3v) is 5.38. The monoisotopic (exact) mass is 412 g/mol. The van der Waals surface area contributed by atoms with Gasteiger partial charge >= 0.3 is 7.12 Å². The lowest BCUT2D eigenvalue weighted by molar-refractivity contribution is 0.0909. The summed E-state index contributed by atoms with van der Waals surface area (Å²) in [6.07, 6.45) is 0. The van der Waals surface area contributed by atoms with Crippen LogP contribution in [0.1, 0.15) is 41.4 Å². The number of benzene rings is 3. The molecule has 3 aromatic rings. The van der Waals surface area contributed by atoms with Crippen LogP contribution in [-0.4, -0.2) is 40.8 Å². The summed E-state index contributed by atoms with van der Waals surface area (Å²) in [5, 5.41) is 19.9. The normalized spacial score (nSPS) is 14.9. The van der Waals surface area contributed by atoms with Gasteiger partial charge in [0.15, 0.2) is 0 Å². The Kier molecular flexibility index (Phi) is 4.11. The Balaban J connectivity index is 1.59. The molecule has 9 heteroatoms. The molecule has 2 heterocycles. The Morgan fingerprint density at radius 1 is 0.581 bits per heavy atom. The quantitative estimate of drug-likeness (QED) is 0.490. The van der Waals surface area contributed by atoms with E-state index >= 15 is 0 Å². The van der Waals surface area contributed by atoms with E-state index in [-0.39, 0.29) is 39.1 Å². The first-order valence-electron chi connectivity index (χ1n) is 9.36. The van der Waals surface area contributed by atoms with E-state index in [9.17, 15) is 29.2 Å². The lowest BCUT2D eigenvalue weighted by atomic mass is 9.78. The number of imide groups is 2. The first-order chi connectivity index (χ1) is 14.9.